The van der Waals surface area contributed by atoms with E-state index >= 15 is 0 Å². The molecule has 2 aliphatic rings. The first-order valence-corrected chi connectivity index (χ1v) is 9.76. The minimum atomic E-state index is -0.524. The van der Waals surface area contributed by atoms with Crippen LogP contribution in [0.1, 0.15) is 31.2 Å². The van der Waals surface area contributed by atoms with E-state index in [2.05, 4.69) is 23.9 Å². The number of rotatable bonds is 5. The van der Waals surface area contributed by atoms with Gasteiger partial charge in [0, 0.05) is 36.3 Å². The Kier molecular flexibility index (Phi) is 10.7. The van der Waals surface area contributed by atoms with Crippen LogP contribution in [0.4, 0.5) is 8.78 Å². The van der Waals surface area contributed by atoms with Crippen LogP contribution < -0.4 is 4.74 Å². The Morgan fingerprint density at radius 2 is 1.37 bits per heavy atom. The molecule has 2 unspecified atom stereocenters. The Labute approximate surface area is 176 Å². The summed E-state index contributed by atoms with van der Waals surface area (Å²) in [5.41, 5.74) is 0.140. The molecule has 0 aromatic heterocycles. The van der Waals surface area contributed by atoms with Crippen molar-refractivity contribution in [3.8, 4) is 5.75 Å². The molecule has 0 heterocycles. The van der Waals surface area contributed by atoms with Gasteiger partial charge in [0.2, 0.25) is 0 Å². The van der Waals surface area contributed by atoms with E-state index in [9.17, 15) is 8.78 Å². The van der Waals surface area contributed by atoms with Gasteiger partial charge in [-0.05, 0) is 58.7 Å². The van der Waals surface area contributed by atoms with Gasteiger partial charge in [-0.2, -0.15) is 0 Å². The number of ether oxygens (including phenoxy) is 1. The number of nitrogens with zero attached hydrogens (tertiary/aromatic N) is 2. The zero-order valence-corrected chi connectivity index (χ0v) is 17.9. The second-order valence-electron chi connectivity index (χ2n) is 7.93. The van der Waals surface area contributed by atoms with Crippen molar-refractivity contribution in [2.24, 2.45) is 11.8 Å². The van der Waals surface area contributed by atoms with Crippen LogP contribution >= 0.6 is 0 Å². The highest BCUT2D eigenvalue weighted by molar-refractivity contribution is 5.33. The lowest BCUT2D eigenvalue weighted by atomic mass is 10.0. The summed E-state index contributed by atoms with van der Waals surface area (Å²) >= 11 is 0. The number of methoxy groups -OCH3 is 1. The zero-order valence-electron chi connectivity index (χ0n) is 17.9. The molecule has 0 radical (unpaired) electrons. The van der Waals surface area contributed by atoms with Crippen LogP contribution in [-0.4, -0.2) is 73.3 Å². The summed E-state index contributed by atoms with van der Waals surface area (Å²) in [6, 6.07) is 3.64. The summed E-state index contributed by atoms with van der Waals surface area (Å²) in [5.74, 6) is 0.696. The lowest BCUT2D eigenvalue weighted by Crippen LogP contribution is -2.32. The molecule has 4 atom stereocenters. The Bertz CT molecular complexity index is 646. The summed E-state index contributed by atoms with van der Waals surface area (Å²) in [7, 11) is 7.71. The average Bonchev–Trinajstić information content (AvgIpc) is 3.25. The van der Waals surface area contributed by atoms with Crippen molar-refractivity contribution in [3.05, 3.63) is 29.3 Å². The molecule has 2 N–H and O–H groups in total. The van der Waals surface area contributed by atoms with Crippen LogP contribution in [0.5, 0.6) is 5.75 Å². The second kappa shape index (κ2) is 12.4. The third kappa shape index (κ3) is 6.91. The number of hydrogen-bond donors (Lipinski definition) is 2. The molecule has 2 saturated carbocycles. The molecule has 0 spiro atoms. The lowest BCUT2D eigenvalue weighted by molar-refractivity contribution is -0.123. The van der Waals surface area contributed by atoms with Crippen molar-refractivity contribution in [2.75, 3.05) is 28.3 Å². The van der Waals surface area contributed by atoms with Crippen molar-refractivity contribution in [1.82, 2.24) is 9.80 Å². The van der Waals surface area contributed by atoms with Gasteiger partial charge in [0.15, 0.2) is 0 Å². The predicted octanol–water partition coefficient (Wildman–Crippen LogP) is 2.93. The highest BCUT2D eigenvalue weighted by atomic mass is 19.1. The molecule has 7 nitrogen and oxygen atoms in total. The van der Waals surface area contributed by atoms with Gasteiger partial charge in [-0.1, -0.05) is 0 Å². The van der Waals surface area contributed by atoms with Gasteiger partial charge in [-0.15, -0.1) is 0 Å². The van der Waals surface area contributed by atoms with Gasteiger partial charge in [-0.3, -0.25) is 14.5 Å². The number of carbonyl (C=O) groups is 2. The Morgan fingerprint density at radius 1 is 0.967 bits per heavy atom. The SMILES string of the molecule is COc1cc(F)c(CN(C)C2C[C@H]3CC(N(C)C)C[C@H]3C2)c(F)c1.O=CO.O=CO. The van der Waals surface area contributed by atoms with E-state index in [-0.39, 0.29) is 24.3 Å². The van der Waals surface area contributed by atoms with Crippen molar-refractivity contribution in [3.63, 3.8) is 0 Å². The smallest absolute Gasteiger partial charge is 0.290 e. The summed E-state index contributed by atoms with van der Waals surface area (Å²) < 4.78 is 33.2. The topological polar surface area (TPSA) is 90.3 Å². The number of benzene rings is 1. The van der Waals surface area contributed by atoms with Crippen molar-refractivity contribution >= 4 is 12.9 Å². The first-order chi connectivity index (χ1) is 14.2. The average molecular weight is 430 g/mol. The van der Waals surface area contributed by atoms with E-state index in [0.29, 0.717) is 18.6 Å². The fourth-order valence-corrected chi connectivity index (χ4v) is 4.56. The van der Waals surface area contributed by atoms with Crippen LogP contribution in [-0.2, 0) is 16.1 Å². The molecular formula is C21H32F2N2O5. The second-order valence-corrected chi connectivity index (χ2v) is 7.93. The first-order valence-electron chi connectivity index (χ1n) is 9.76. The van der Waals surface area contributed by atoms with Gasteiger partial charge in [-0.25, -0.2) is 8.78 Å². The van der Waals surface area contributed by atoms with Crippen molar-refractivity contribution in [1.29, 1.82) is 0 Å². The Morgan fingerprint density at radius 3 is 1.73 bits per heavy atom. The van der Waals surface area contributed by atoms with E-state index in [1.54, 1.807) is 0 Å². The zero-order chi connectivity index (χ0) is 22.8. The van der Waals surface area contributed by atoms with E-state index in [4.69, 9.17) is 24.5 Å². The maximum atomic E-state index is 14.2. The number of fused-ring (bicyclic) bond motifs is 1. The largest absolute Gasteiger partial charge is 0.497 e. The molecular weight excluding hydrogens is 398 g/mol. The summed E-state index contributed by atoms with van der Waals surface area (Å²) in [5, 5.41) is 13.8. The minimum Gasteiger partial charge on any atom is -0.497 e. The molecule has 1 aromatic carbocycles. The van der Waals surface area contributed by atoms with Crippen molar-refractivity contribution in [2.45, 2.75) is 44.3 Å². The van der Waals surface area contributed by atoms with Gasteiger partial charge >= 0.3 is 0 Å². The quantitative estimate of drug-likeness (QED) is 0.694. The van der Waals surface area contributed by atoms with E-state index < -0.39 is 11.6 Å². The fourth-order valence-electron chi connectivity index (χ4n) is 4.56. The predicted molar refractivity (Wildman–Crippen MR) is 108 cm³/mol. The molecule has 2 fully saturated rings. The summed E-state index contributed by atoms with van der Waals surface area (Å²) in [4.78, 5) is 21.2. The highest BCUT2D eigenvalue weighted by Gasteiger charge is 2.43. The third-order valence-electron chi connectivity index (χ3n) is 6.08. The molecule has 0 amide bonds. The Hall–Kier alpha value is -2.26. The van der Waals surface area contributed by atoms with Gasteiger partial charge in [0.05, 0.1) is 7.11 Å². The fraction of sp³-hybridized carbons (Fsp3) is 0.619. The first kappa shape index (κ1) is 25.8. The molecule has 170 valence electrons. The Balaban J connectivity index is 0.000000672. The maximum Gasteiger partial charge on any atom is 0.290 e. The third-order valence-corrected chi connectivity index (χ3v) is 6.08. The molecule has 1 aromatic rings. The van der Waals surface area contributed by atoms with Crippen molar-refractivity contribution < 1.29 is 33.3 Å². The normalized spacial score (nSPS) is 24.4. The minimum absolute atomic E-state index is 0.140. The van der Waals surface area contributed by atoms with Crippen LogP contribution in [0.15, 0.2) is 12.1 Å². The van der Waals surface area contributed by atoms with Crippen LogP contribution in [0.2, 0.25) is 0 Å². The molecule has 2 aliphatic carbocycles. The molecule has 3 rings (SSSR count). The summed E-state index contributed by atoms with van der Waals surface area (Å²) in [6.07, 6.45) is 4.80. The molecule has 0 saturated heterocycles. The van der Waals surface area contributed by atoms with E-state index in [0.717, 1.165) is 24.7 Å². The standard InChI is InChI=1S/C19H28F2N2O.2CH2O2/c1-22(2)14-5-12-7-15(8-13(12)6-14)23(3)11-17-18(20)9-16(24-4)10-19(17)21;2*2-1-3/h9-10,12-15H,5-8,11H2,1-4H3;2*1H,(H,2,3)/t12-,13+,14?,15?;;. The summed E-state index contributed by atoms with van der Waals surface area (Å²) in [6.45, 7) is -0.192. The van der Waals surface area contributed by atoms with Gasteiger partial charge < -0.3 is 19.8 Å². The van der Waals surface area contributed by atoms with Crippen LogP contribution in [0.25, 0.3) is 0 Å². The number of halogens is 2. The monoisotopic (exact) mass is 430 g/mol. The molecule has 9 heteroatoms. The maximum absolute atomic E-state index is 14.2. The van der Waals surface area contributed by atoms with Crippen LogP contribution in [0.3, 0.4) is 0 Å². The van der Waals surface area contributed by atoms with E-state index in [1.807, 2.05) is 7.05 Å². The molecule has 0 aliphatic heterocycles. The molecule has 0 bridgehead atoms. The number of carboxylic acid groups (broad SMARTS) is 2. The lowest BCUT2D eigenvalue weighted by Gasteiger charge is -2.27. The van der Waals surface area contributed by atoms with E-state index in [1.165, 1.54) is 32.1 Å². The van der Waals surface area contributed by atoms with Gasteiger partial charge in [0.1, 0.15) is 17.4 Å². The number of hydrogen-bond acceptors (Lipinski definition) is 5. The molecule has 30 heavy (non-hydrogen) atoms. The van der Waals surface area contributed by atoms with Gasteiger partial charge in [0.25, 0.3) is 12.9 Å². The van der Waals surface area contributed by atoms with Crippen LogP contribution in [0, 0.1) is 23.5 Å². The highest BCUT2D eigenvalue weighted by Crippen LogP contribution is 2.46.